The van der Waals surface area contributed by atoms with Gasteiger partial charge in [0, 0.05) is 17.4 Å². The SMILES string of the molecule is COc1c(C(C)(C)C)cc(C=O)cc1S(C)(=O)=O. The minimum absolute atomic E-state index is 0.0551. The highest BCUT2D eigenvalue weighted by Gasteiger charge is 2.26. The Balaban J connectivity index is 3.78. The Labute approximate surface area is 108 Å². The lowest BCUT2D eigenvalue weighted by atomic mass is 9.85. The molecule has 0 aliphatic heterocycles. The fraction of sp³-hybridized carbons (Fsp3) is 0.462. The number of benzene rings is 1. The smallest absolute Gasteiger partial charge is 0.179 e. The topological polar surface area (TPSA) is 60.4 Å². The van der Waals surface area contributed by atoms with Gasteiger partial charge < -0.3 is 4.74 Å². The first-order valence-corrected chi connectivity index (χ1v) is 7.38. The Hall–Kier alpha value is -1.36. The third kappa shape index (κ3) is 2.90. The molecule has 0 amide bonds. The van der Waals surface area contributed by atoms with Gasteiger partial charge in [-0.1, -0.05) is 20.8 Å². The van der Waals surface area contributed by atoms with Gasteiger partial charge in [0.25, 0.3) is 0 Å². The minimum Gasteiger partial charge on any atom is -0.495 e. The maximum atomic E-state index is 11.8. The minimum atomic E-state index is -3.44. The molecule has 0 fully saturated rings. The summed E-state index contributed by atoms with van der Waals surface area (Å²) in [6, 6.07) is 3.01. The highest BCUT2D eigenvalue weighted by molar-refractivity contribution is 7.90. The van der Waals surface area contributed by atoms with Gasteiger partial charge in [-0.15, -0.1) is 0 Å². The van der Waals surface area contributed by atoms with Gasteiger partial charge in [-0.2, -0.15) is 0 Å². The van der Waals surface area contributed by atoms with Gasteiger partial charge in [0.2, 0.25) is 0 Å². The predicted octanol–water partition coefficient (Wildman–Crippen LogP) is 2.21. The van der Waals surface area contributed by atoms with Gasteiger partial charge in [-0.05, 0) is 17.5 Å². The number of rotatable bonds is 3. The van der Waals surface area contributed by atoms with Crippen molar-refractivity contribution in [2.75, 3.05) is 13.4 Å². The van der Waals surface area contributed by atoms with Crippen molar-refractivity contribution in [1.29, 1.82) is 0 Å². The van der Waals surface area contributed by atoms with Crippen LogP contribution in [0.5, 0.6) is 5.75 Å². The monoisotopic (exact) mass is 270 g/mol. The molecule has 18 heavy (non-hydrogen) atoms. The first-order chi connectivity index (χ1) is 8.11. The second-order valence-corrected chi connectivity index (χ2v) is 7.22. The van der Waals surface area contributed by atoms with Crippen LogP contribution in [-0.2, 0) is 15.3 Å². The zero-order valence-electron chi connectivity index (χ0n) is 11.3. The van der Waals surface area contributed by atoms with E-state index in [1.54, 1.807) is 6.07 Å². The number of sulfone groups is 1. The Morgan fingerprint density at radius 2 is 1.78 bits per heavy atom. The summed E-state index contributed by atoms with van der Waals surface area (Å²) in [4.78, 5) is 11.0. The van der Waals surface area contributed by atoms with Gasteiger partial charge in [-0.25, -0.2) is 8.42 Å². The number of carbonyl (C=O) groups is 1. The molecule has 0 saturated heterocycles. The van der Waals surface area contributed by atoms with Crippen molar-refractivity contribution in [1.82, 2.24) is 0 Å². The molecular weight excluding hydrogens is 252 g/mol. The summed E-state index contributed by atoms with van der Waals surface area (Å²) in [5.41, 5.74) is 0.722. The molecule has 1 aromatic carbocycles. The molecular formula is C13H18O4S. The molecule has 4 nitrogen and oxygen atoms in total. The molecule has 0 heterocycles. The molecule has 0 spiro atoms. The van der Waals surface area contributed by atoms with Crippen molar-refractivity contribution in [2.24, 2.45) is 0 Å². The molecule has 1 aromatic rings. The number of ether oxygens (including phenoxy) is 1. The molecule has 100 valence electrons. The van der Waals surface area contributed by atoms with E-state index in [0.717, 1.165) is 6.26 Å². The van der Waals surface area contributed by atoms with Crippen LogP contribution in [0.4, 0.5) is 0 Å². The second kappa shape index (κ2) is 4.72. The average molecular weight is 270 g/mol. The van der Waals surface area contributed by atoms with E-state index in [0.29, 0.717) is 23.2 Å². The van der Waals surface area contributed by atoms with Gasteiger partial charge >= 0.3 is 0 Å². The van der Waals surface area contributed by atoms with Crippen LogP contribution < -0.4 is 4.74 Å². The van der Waals surface area contributed by atoms with E-state index < -0.39 is 9.84 Å². The normalized spacial score (nSPS) is 12.3. The van der Waals surface area contributed by atoms with Gasteiger partial charge in [0.15, 0.2) is 9.84 Å². The number of hydrogen-bond acceptors (Lipinski definition) is 4. The highest BCUT2D eigenvalue weighted by atomic mass is 32.2. The summed E-state index contributed by atoms with van der Waals surface area (Å²) < 4.78 is 28.8. The number of methoxy groups -OCH3 is 1. The first kappa shape index (κ1) is 14.7. The van der Waals surface area contributed by atoms with E-state index in [1.807, 2.05) is 20.8 Å². The van der Waals surface area contributed by atoms with Crippen molar-refractivity contribution in [3.05, 3.63) is 23.3 Å². The van der Waals surface area contributed by atoms with Crippen molar-refractivity contribution >= 4 is 16.1 Å². The van der Waals surface area contributed by atoms with Crippen molar-refractivity contribution < 1.29 is 17.9 Å². The van der Waals surface area contributed by atoms with Crippen LogP contribution in [0.15, 0.2) is 17.0 Å². The van der Waals surface area contributed by atoms with Gasteiger partial charge in [0.05, 0.1) is 7.11 Å². The molecule has 0 saturated carbocycles. The molecule has 5 heteroatoms. The van der Waals surface area contributed by atoms with Crippen LogP contribution >= 0.6 is 0 Å². The number of carbonyl (C=O) groups excluding carboxylic acids is 1. The molecule has 0 bridgehead atoms. The summed E-state index contributed by atoms with van der Waals surface area (Å²) in [6.45, 7) is 5.81. The van der Waals surface area contributed by atoms with E-state index in [-0.39, 0.29) is 10.3 Å². The molecule has 0 atom stereocenters. The summed E-state index contributed by atoms with van der Waals surface area (Å²) in [6.07, 6.45) is 1.75. The van der Waals surface area contributed by atoms with Crippen LogP contribution in [0.1, 0.15) is 36.7 Å². The number of hydrogen-bond donors (Lipinski definition) is 0. The van der Waals surface area contributed by atoms with Crippen LogP contribution in [-0.4, -0.2) is 28.1 Å². The second-order valence-electron chi connectivity index (χ2n) is 5.24. The molecule has 0 unspecified atom stereocenters. The standard InChI is InChI=1S/C13H18O4S/c1-13(2,3)10-6-9(8-14)7-11(12(10)17-4)18(5,15)16/h6-8H,1-5H3. The van der Waals surface area contributed by atoms with E-state index in [9.17, 15) is 13.2 Å². The molecule has 0 aromatic heterocycles. The van der Waals surface area contributed by atoms with Crippen molar-refractivity contribution in [3.63, 3.8) is 0 Å². The Morgan fingerprint density at radius 3 is 2.11 bits per heavy atom. The molecule has 0 aliphatic carbocycles. The third-order valence-corrected chi connectivity index (χ3v) is 3.73. The molecule has 0 aliphatic rings. The largest absolute Gasteiger partial charge is 0.495 e. The lowest BCUT2D eigenvalue weighted by molar-refractivity contribution is 0.112. The quantitative estimate of drug-likeness (QED) is 0.790. The third-order valence-electron chi connectivity index (χ3n) is 2.62. The van der Waals surface area contributed by atoms with Crippen LogP contribution in [0.25, 0.3) is 0 Å². The van der Waals surface area contributed by atoms with E-state index in [2.05, 4.69) is 0 Å². The molecule has 0 N–H and O–H groups in total. The van der Waals surface area contributed by atoms with Crippen LogP contribution in [0.3, 0.4) is 0 Å². The zero-order chi connectivity index (χ0) is 14.1. The zero-order valence-corrected chi connectivity index (χ0v) is 12.1. The van der Waals surface area contributed by atoms with Crippen molar-refractivity contribution in [2.45, 2.75) is 31.1 Å². The van der Waals surface area contributed by atoms with Gasteiger partial charge in [0.1, 0.15) is 16.9 Å². The summed E-state index contributed by atoms with van der Waals surface area (Å²) in [7, 11) is -2.01. The predicted molar refractivity (Wildman–Crippen MR) is 70.2 cm³/mol. The lowest BCUT2D eigenvalue weighted by Crippen LogP contribution is -2.16. The van der Waals surface area contributed by atoms with E-state index in [1.165, 1.54) is 13.2 Å². The maximum Gasteiger partial charge on any atom is 0.179 e. The number of aldehydes is 1. The average Bonchev–Trinajstić information content (AvgIpc) is 2.24. The van der Waals surface area contributed by atoms with Crippen LogP contribution in [0.2, 0.25) is 0 Å². The fourth-order valence-electron chi connectivity index (χ4n) is 1.73. The van der Waals surface area contributed by atoms with E-state index >= 15 is 0 Å². The van der Waals surface area contributed by atoms with Gasteiger partial charge in [-0.3, -0.25) is 4.79 Å². The molecule has 0 radical (unpaired) electrons. The Bertz CT molecular complexity index is 565. The first-order valence-electron chi connectivity index (χ1n) is 5.49. The Kier molecular flexibility index (Phi) is 3.86. The van der Waals surface area contributed by atoms with E-state index in [4.69, 9.17) is 4.74 Å². The summed E-state index contributed by atoms with van der Waals surface area (Å²) in [5.74, 6) is 0.315. The highest BCUT2D eigenvalue weighted by Crippen LogP contribution is 2.37. The maximum absolute atomic E-state index is 11.8. The van der Waals surface area contributed by atoms with Crippen molar-refractivity contribution in [3.8, 4) is 5.75 Å². The van der Waals surface area contributed by atoms with Crippen LogP contribution in [0, 0.1) is 0 Å². The Morgan fingerprint density at radius 1 is 1.22 bits per heavy atom. The fourth-order valence-corrected chi connectivity index (χ4v) is 2.61. The lowest BCUT2D eigenvalue weighted by Gasteiger charge is -2.24. The summed E-state index contributed by atoms with van der Waals surface area (Å²) in [5, 5.41) is 0. The summed E-state index contributed by atoms with van der Waals surface area (Å²) >= 11 is 0. The molecule has 1 rings (SSSR count).